The third-order valence-corrected chi connectivity index (χ3v) is 6.19. The van der Waals surface area contributed by atoms with Gasteiger partial charge in [0.2, 0.25) is 5.89 Å². The molecule has 1 saturated carbocycles. The largest absolute Gasteiger partial charge is 0.344 e. The van der Waals surface area contributed by atoms with E-state index in [0.29, 0.717) is 12.0 Å². The zero-order valence-electron chi connectivity index (χ0n) is 14.8. The van der Waals surface area contributed by atoms with E-state index in [1.807, 2.05) is 0 Å². The first-order valence-electron chi connectivity index (χ1n) is 10.0. The summed E-state index contributed by atoms with van der Waals surface area (Å²) in [6.45, 7) is 1.83. The van der Waals surface area contributed by atoms with Gasteiger partial charge in [-0.05, 0) is 57.9 Å². The number of likely N-dealkylation sites (tertiary alicyclic amines) is 1. The van der Waals surface area contributed by atoms with Crippen LogP contribution in [0.2, 0.25) is 0 Å². The predicted octanol–water partition coefficient (Wildman–Crippen LogP) is 3.67. The molecule has 1 saturated heterocycles. The molecule has 0 unspecified atom stereocenters. The van der Waals surface area contributed by atoms with Crippen LogP contribution in [-0.4, -0.2) is 31.6 Å². The molecule has 134 valence electrons. The maximum Gasteiger partial charge on any atom is 0.240 e. The molecule has 3 heterocycles. The highest BCUT2D eigenvalue weighted by Crippen LogP contribution is 2.35. The highest BCUT2D eigenvalue weighted by molar-refractivity contribution is 5.19. The van der Waals surface area contributed by atoms with Crippen LogP contribution < -0.4 is 0 Å². The first kappa shape index (κ1) is 15.6. The first-order chi connectivity index (χ1) is 12.4. The molecule has 2 fully saturated rings. The van der Waals surface area contributed by atoms with E-state index in [1.54, 1.807) is 0 Å². The van der Waals surface area contributed by atoms with Gasteiger partial charge >= 0.3 is 0 Å². The van der Waals surface area contributed by atoms with Gasteiger partial charge in [-0.15, -0.1) is 0 Å². The summed E-state index contributed by atoms with van der Waals surface area (Å²) in [5, 5.41) is 4.25. The highest BCUT2D eigenvalue weighted by atomic mass is 16.5. The van der Waals surface area contributed by atoms with Gasteiger partial charge in [0.15, 0.2) is 5.82 Å². The molecule has 0 spiro atoms. The van der Waals surface area contributed by atoms with Gasteiger partial charge in [-0.25, -0.2) is 4.98 Å². The Morgan fingerprint density at radius 1 is 1.00 bits per heavy atom. The van der Waals surface area contributed by atoms with Gasteiger partial charge in [0.25, 0.3) is 0 Å². The molecule has 0 bridgehead atoms. The van der Waals surface area contributed by atoms with Gasteiger partial charge in [0.05, 0.1) is 18.3 Å². The van der Waals surface area contributed by atoms with Gasteiger partial charge in [0, 0.05) is 11.6 Å². The molecule has 2 aromatic heterocycles. The third-order valence-electron chi connectivity index (χ3n) is 6.19. The van der Waals surface area contributed by atoms with Crippen LogP contribution in [0.3, 0.4) is 0 Å². The lowest BCUT2D eigenvalue weighted by atomic mass is 10.0. The Morgan fingerprint density at radius 3 is 2.76 bits per heavy atom. The van der Waals surface area contributed by atoms with Crippen LogP contribution >= 0.6 is 0 Å². The molecule has 6 nitrogen and oxygen atoms in total. The maximum atomic E-state index is 5.57. The number of H-pyrrole nitrogens is 1. The van der Waals surface area contributed by atoms with Crippen molar-refractivity contribution in [3.05, 3.63) is 28.9 Å². The minimum Gasteiger partial charge on any atom is -0.344 e. The van der Waals surface area contributed by atoms with Gasteiger partial charge in [-0.1, -0.05) is 18.0 Å². The Morgan fingerprint density at radius 2 is 1.88 bits per heavy atom. The minimum atomic E-state index is 0.368. The third kappa shape index (κ3) is 3.01. The Balaban J connectivity index is 1.30. The van der Waals surface area contributed by atoms with Gasteiger partial charge in [-0.2, -0.15) is 4.98 Å². The number of fused-ring (bicyclic) bond motifs is 1. The van der Waals surface area contributed by atoms with E-state index in [0.717, 1.165) is 49.9 Å². The van der Waals surface area contributed by atoms with E-state index in [9.17, 15) is 0 Å². The summed E-state index contributed by atoms with van der Waals surface area (Å²) in [6.07, 6.45) is 12.2. The number of rotatable bonds is 4. The maximum absolute atomic E-state index is 5.57. The van der Waals surface area contributed by atoms with Crippen LogP contribution in [0.4, 0.5) is 0 Å². The van der Waals surface area contributed by atoms with Crippen molar-refractivity contribution >= 4 is 0 Å². The second-order valence-electron chi connectivity index (χ2n) is 7.91. The quantitative estimate of drug-likeness (QED) is 0.919. The lowest BCUT2D eigenvalue weighted by molar-refractivity contribution is 0.206. The smallest absolute Gasteiger partial charge is 0.240 e. The van der Waals surface area contributed by atoms with Crippen molar-refractivity contribution < 1.29 is 4.52 Å². The zero-order chi connectivity index (χ0) is 16.6. The summed E-state index contributed by atoms with van der Waals surface area (Å²) in [5.74, 6) is 3.37. The predicted molar refractivity (Wildman–Crippen MR) is 93.1 cm³/mol. The second kappa shape index (κ2) is 6.56. The van der Waals surface area contributed by atoms with E-state index in [1.165, 1.54) is 56.3 Å². The summed E-state index contributed by atoms with van der Waals surface area (Å²) in [5.41, 5.74) is 2.67. The molecule has 1 N–H and O–H groups in total. The molecule has 25 heavy (non-hydrogen) atoms. The molecule has 2 aliphatic carbocycles. The molecular weight excluding hydrogens is 314 g/mol. The Bertz CT molecular complexity index is 707. The Hall–Kier alpha value is -1.69. The van der Waals surface area contributed by atoms with Crippen LogP contribution in [0, 0.1) is 0 Å². The van der Waals surface area contributed by atoms with Gasteiger partial charge in [0.1, 0.15) is 5.82 Å². The molecule has 0 amide bonds. The lowest BCUT2D eigenvalue weighted by Gasteiger charge is -2.20. The van der Waals surface area contributed by atoms with Crippen LogP contribution in [0.25, 0.3) is 0 Å². The molecule has 1 aliphatic heterocycles. The normalized spacial score (nSPS) is 24.9. The molecule has 0 radical (unpaired) electrons. The summed E-state index contributed by atoms with van der Waals surface area (Å²) in [6, 6.07) is 0.368. The van der Waals surface area contributed by atoms with Crippen molar-refractivity contribution in [2.75, 3.05) is 6.54 Å². The number of nitrogens with one attached hydrogen (secondary N) is 1. The average Bonchev–Trinajstić information content (AvgIpc) is 3.41. The molecule has 0 aromatic carbocycles. The molecule has 1 atom stereocenters. The van der Waals surface area contributed by atoms with Crippen LogP contribution in [0.15, 0.2) is 4.52 Å². The molecule has 2 aromatic rings. The SMILES string of the molecule is C1CCc2[nH]c([C@@H]3CCCN3Cc3nc(C4CCCC4)no3)nc2C1. The topological polar surface area (TPSA) is 70.8 Å². The van der Waals surface area contributed by atoms with E-state index < -0.39 is 0 Å². The van der Waals surface area contributed by atoms with E-state index in [2.05, 4.69) is 15.0 Å². The van der Waals surface area contributed by atoms with Crippen molar-refractivity contribution in [3.8, 4) is 0 Å². The minimum absolute atomic E-state index is 0.368. The number of hydrogen-bond donors (Lipinski definition) is 1. The summed E-state index contributed by atoms with van der Waals surface area (Å²) in [7, 11) is 0. The molecule has 3 aliphatic rings. The summed E-state index contributed by atoms with van der Waals surface area (Å²) >= 11 is 0. The fraction of sp³-hybridized carbons (Fsp3) is 0.737. The van der Waals surface area contributed by atoms with Gasteiger partial charge < -0.3 is 9.51 Å². The monoisotopic (exact) mass is 341 g/mol. The van der Waals surface area contributed by atoms with E-state index in [-0.39, 0.29) is 0 Å². The molecule has 6 heteroatoms. The van der Waals surface area contributed by atoms with E-state index in [4.69, 9.17) is 14.5 Å². The summed E-state index contributed by atoms with van der Waals surface area (Å²) < 4.78 is 5.57. The van der Waals surface area contributed by atoms with Crippen molar-refractivity contribution in [2.24, 2.45) is 0 Å². The number of aryl methyl sites for hydroxylation is 2. The van der Waals surface area contributed by atoms with E-state index >= 15 is 0 Å². The Labute approximate surface area is 148 Å². The molecule has 5 rings (SSSR count). The zero-order valence-corrected chi connectivity index (χ0v) is 14.8. The number of nitrogens with zero attached hydrogens (tertiary/aromatic N) is 4. The average molecular weight is 341 g/mol. The van der Waals surface area contributed by atoms with Crippen LogP contribution in [-0.2, 0) is 19.4 Å². The van der Waals surface area contributed by atoms with Gasteiger partial charge in [-0.3, -0.25) is 4.90 Å². The first-order valence-corrected chi connectivity index (χ1v) is 10.0. The highest BCUT2D eigenvalue weighted by Gasteiger charge is 2.31. The summed E-state index contributed by atoms with van der Waals surface area (Å²) in [4.78, 5) is 15.7. The van der Waals surface area contributed by atoms with Crippen molar-refractivity contribution in [1.29, 1.82) is 0 Å². The van der Waals surface area contributed by atoms with Crippen molar-refractivity contribution in [3.63, 3.8) is 0 Å². The lowest BCUT2D eigenvalue weighted by Crippen LogP contribution is -2.23. The molecular formula is C19H27N5O. The standard InChI is InChI=1S/C19H27N5O/c1-2-7-13(6-1)18-22-17(25-23-18)12-24-11-5-10-16(24)19-20-14-8-3-4-9-15(14)21-19/h13,16H,1-12H2,(H,20,21)/t16-/m0/s1. The fourth-order valence-corrected chi connectivity index (χ4v) is 4.81. The Kier molecular flexibility index (Phi) is 4.08. The van der Waals surface area contributed by atoms with Crippen molar-refractivity contribution in [2.45, 2.75) is 82.7 Å². The fourth-order valence-electron chi connectivity index (χ4n) is 4.81. The second-order valence-corrected chi connectivity index (χ2v) is 7.91. The van der Waals surface area contributed by atoms with Crippen LogP contribution in [0.5, 0.6) is 0 Å². The number of aromatic nitrogens is 4. The number of aromatic amines is 1. The number of hydrogen-bond acceptors (Lipinski definition) is 5. The van der Waals surface area contributed by atoms with Crippen LogP contribution in [0.1, 0.15) is 92.3 Å². The number of imidazole rings is 1. The van der Waals surface area contributed by atoms with Crippen molar-refractivity contribution in [1.82, 2.24) is 25.0 Å².